The average molecular weight is 261 g/mol. The van der Waals surface area contributed by atoms with Crippen LogP contribution in [0.2, 0.25) is 0 Å². The highest BCUT2D eigenvalue weighted by Crippen LogP contribution is 2.33. The molecule has 0 N–H and O–H groups in total. The lowest BCUT2D eigenvalue weighted by Crippen LogP contribution is -2.38. The molecule has 2 atom stereocenters. The van der Waals surface area contributed by atoms with Gasteiger partial charge >= 0.3 is 0 Å². The van der Waals surface area contributed by atoms with Crippen molar-refractivity contribution in [3.63, 3.8) is 0 Å². The van der Waals surface area contributed by atoms with E-state index in [1.165, 1.54) is 18.5 Å². The molecule has 0 aliphatic carbocycles. The Balaban J connectivity index is 2.20. The van der Waals surface area contributed by atoms with Crippen LogP contribution in [0.5, 0.6) is 5.75 Å². The summed E-state index contributed by atoms with van der Waals surface area (Å²) in [4.78, 5) is 2.48. The molecule has 1 heterocycles. The Morgan fingerprint density at radius 1 is 1.21 bits per heavy atom. The van der Waals surface area contributed by atoms with E-state index >= 15 is 0 Å². The van der Waals surface area contributed by atoms with Crippen molar-refractivity contribution < 1.29 is 9.47 Å². The van der Waals surface area contributed by atoms with E-state index in [-0.39, 0.29) is 0 Å². The molecule has 0 amide bonds. The van der Waals surface area contributed by atoms with Crippen molar-refractivity contribution in [3.05, 3.63) is 36.9 Å². The quantitative estimate of drug-likeness (QED) is 0.734. The lowest BCUT2D eigenvalue weighted by Gasteiger charge is -2.32. The van der Waals surface area contributed by atoms with Gasteiger partial charge in [0.25, 0.3) is 0 Å². The molecule has 104 valence electrons. The van der Waals surface area contributed by atoms with Gasteiger partial charge in [-0.1, -0.05) is 6.08 Å². The first-order valence-electron chi connectivity index (χ1n) is 6.82. The fourth-order valence-corrected chi connectivity index (χ4v) is 2.92. The first kappa shape index (κ1) is 13.9. The van der Waals surface area contributed by atoms with Crippen LogP contribution in [0.3, 0.4) is 0 Å². The Hall–Kier alpha value is -1.48. The minimum atomic E-state index is 0.461. The van der Waals surface area contributed by atoms with Crippen LogP contribution >= 0.6 is 0 Å². The van der Waals surface area contributed by atoms with Crippen LogP contribution in [0.25, 0.3) is 0 Å². The molecule has 0 spiro atoms. The van der Waals surface area contributed by atoms with Crippen LogP contribution in [0.15, 0.2) is 36.9 Å². The predicted octanol–water partition coefficient (Wildman–Crippen LogP) is 3.26. The number of hydrogen-bond acceptors (Lipinski definition) is 3. The Labute approximate surface area is 115 Å². The minimum absolute atomic E-state index is 0.461. The standard InChI is InChI=1S/C16H23NO2/c1-4-5-13-6-7-15(12-18-2)17(13)14-8-10-16(19-3)11-9-14/h4,8-11,13,15H,1,5-7,12H2,2-3H3/t13-,15+/m1/s1. The third kappa shape index (κ3) is 3.10. The van der Waals surface area contributed by atoms with Gasteiger partial charge in [-0.2, -0.15) is 0 Å². The fourth-order valence-electron chi connectivity index (χ4n) is 2.92. The Morgan fingerprint density at radius 2 is 1.89 bits per heavy atom. The number of ether oxygens (including phenoxy) is 2. The highest BCUT2D eigenvalue weighted by molar-refractivity contribution is 5.52. The van der Waals surface area contributed by atoms with E-state index in [1.807, 2.05) is 18.2 Å². The summed E-state index contributed by atoms with van der Waals surface area (Å²) in [6.45, 7) is 4.65. The van der Waals surface area contributed by atoms with Crippen LogP contribution < -0.4 is 9.64 Å². The predicted molar refractivity (Wildman–Crippen MR) is 79.0 cm³/mol. The normalized spacial score (nSPS) is 22.5. The molecule has 0 saturated carbocycles. The molecule has 0 radical (unpaired) electrons. The van der Waals surface area contributed by atoms with Gasteiger partial charge in [0.15, 0.2) is 0 Å². The highest BCUT2D eigenvalue weighted by atomic mass is 16.5. The number of nitrogens with zero attached hydrogens (tertiary/aromatic N) is 1. The molecule has 1 fully saturated rings. The molecule has 1 aliphatic rings. The van der Waals surface area contributed by atoms with Crippen molar-refractivity contribution in [2.75, 3.05) is 25.7 Å². The van der Waals surface area contributed by atoms with E-state index in [9.17, 15) is 0 Å². The lowest BCUT2D eigenvalue weighted by molar-refractivity contribution is 0.180. The van der Waals surface area contributed by atoms with Crippen molar-refractivity contribution in [2.45, 2.75) is 31.3 Å². The molecule has 1 saturated heterocycles. The Kier molecular flexibility index (Phi) is 4.86. The summed E-state index contributed by atoms with van der Waals surface area (Å²) in [6, 6.07) is 9.28. The van der Waals surface area contributed by atoms with Gasteiger partial charge in [0.2, 0.25) is 0 Å². The van der Waals surface area contributed by atoms with Crippen molar-refractivity contribution in [3.8, 4) is 5.75 Å². The van der Waals surface area contributed by atoms with Crippen LogP contribution in [0, 0.1) is 0 Å². The van der Waals surface area contributed by atoms with E-state index in [2.05, 4.69) is 23.6 Å². The topological polar surface area (TPSA) is 21.7 Å². The number of hydrogen-bond donors (Lipinski definition) is 0. The summed E-state index contributed by atoms with van der Waals surface area (Å²) in [6.07, 6.45) is 5.41. The van der Waals surface area contributed by atoms with Gasteiger partial charge in [0.05, 0.1) is 19.8 Å². The Bertz CT molecular complexity index is 402. The number of benzene rings is 1. The molecule has 3 nitrogen and oxygen atoms in total. The van der Waals surface area contributed by atoms with Gasteiger partial charge in [0, 0.05) is 18.8 Å². The second-order valence-electron chi connectivity index (χ2n) is 4.97. The number of anilines is 1. The molecule has 0 aromatic heterocycles. The zero-order valence-electron chi connectivity index (χ0n) is 11.8. The smallest absolute Gasteiger partial charge is 0.119 e. The third-order valence-corrected chi connectivity index (χ3v) is 3.79. The monoisotopic (exact) mass is 261 g/mol. The lowest BCUT2D eigenvalue weighted by atomic mass is 10.1. The third-order valence-electron chi connectivity index (χ3n) is 3.79. The molecular weight excluding hydrogens is 238 g/mol. The van der Waals surface area contributed by atoms with E-state index in [4.69, 9.17) is 9.47 Å². The summed E-state index contributed by atoms with van der Waals surface area (Å²) in [5, 5.41) is 0. The summed E-state index contributed by atoms with van der Waals surface area (Å²) in [5.74, 6) is 0.895. The second-order valence-corrected chi connectivity index (χ2v) is 4.97. The van der Waals surface area contributed by atoms with Gasteiger partial charge in [-0.25, -0.2) is 0 Å². The molecule has 2 rings (SSSR count). The molecular formula is C16H23NO2. The van der Waals surface area contributed by atoms with Gasteiger partial charge < -0.3 is 14.4 Å². The first-order chi connectivity index (χ1) is 9.30. The van der Waals surface area contributed by atoms with Crippen molar-refractivity contribution in [1.29, 1.82) is 0 Å². The second kappa shape index (κ2) is 6.62. The van der Waals surface area contributed by atoms with Crippen molar-refractivity contribution >= 4 is 5.69 Å². The van der Waals surface area contributed by atoms with Gasteiger partial charge in [-0.05, 0) is 43.5 Å². The maximum Gasteiger partial charge on any atom is 0.119 e. The average Bonchev–Trinajstić information content (AvgIpc) is 2.83. The molecule has 3 heteroatoms. The summed E-state index contributed by atoms with van der Waals surface area (Å²) in [5.41, 5.74) is 1.24. The van der Waals surface area contributed by atoms with E-state index in [0.29, 0.717) is 12.1 Å². The maximum absolute atomic E-state index is 5.36. The van der Waals surface area contributed by atoms with Crippen molar-refractivity contribution in [2.24, 2.45) is 0 Å². The van der Waals surface area contributed by atoms with Crippen LogP contribution in [0.4, 0.5) is 5.69 Å². The van der Waals surface area contributed by atoms with E-state index < -0.39 is 0 Å². The molecule has 1 aromatic rings. The van der Waals surface area contributed by atoms with Gasteiger partial charge in [-0.15, -0.1) is 6.58 Å². The van der Waals surface area contributed by atoms with Crippen LogP contribution in [-0.2, 0) is 4.74 Å². The fraction of sp³-hybridized carbons (Fsp3) is 0.500. The molecule has 1 aromatic carbocycles. The molecule has 0 bridgehead atoms. The SMILES string of the molecule is C=CC[C@@H]1CC[C@@H](COC)N1c1ccc(OC)cc1. The van der Waals surface area contributed by atoms with Crippen LogP contribution in [-0.4, -0.2) is 32.9 Å². The van der Waals surface area contributed by atoms with Gasteiger partial charge in [0.1, 0.15) is 5.75 Å². The van der Waals surface area contributed by atoms with Crippen LogP contribution in [0.1, 0.15) is 19.3 Å². The summed E-state index contributed by atoms with van der Waals surface area (Å²) < 4.78 is 10.6. The van der Waals surface area contributed by atoms with E-state index in [1.54, 1.807) is 14.2 Å². The molecule has 1 aliphatic heterocycles. The maximum atomic E-state index is 5.36. The van der Waals surface area contributed by atoms with Gasteiger partial charge in [-0.3, -0.25) is 0 Å². The highest BCUT2D eigenvalue weighted by Gasteiger charge is 2.32. The zero-order chi connectivity index (χ0) is 13.7. The number of methoxy groups -OCH3 is 2. The first-order valence-corrected chi connectivity index (χ1v) is 6.82. The summed E-state index contributed by atoms with van der Waals surface area (Å²) in [7, 11) is 3.46. The summed E-state index contributed by atoms with van der Waals surface area (Å²) >= 11 is 0. The Morgan fingerprint density at radius 3 is 2.47 bits per heavy atom. The van der Waals surface area contributed by atoms with Crippen molar-refractivity contribution in [1.82, 2.24) is 0 Å². The number of rotatable bonds is 6. The van der Waals surface area contributed by atoms with E-state index in [0.717, 1.165) is 18.8 Å². The zero-order valence-corrected chi connectivity index (χ0v) is 11.8. The minimum Gasteiger partial charge on any atom is -0.497 e. The molecule has 0 unspecified atom stereocenters. The molecule has 19 heavy (non-hydrogen) atoms. The largest absolute Gasteiger partial charge is 0.497 e.